The zero-order valence-corrected chi connectivity index (χ0v) is 14.8. The Morgan fingerprint density at radius 1 is 0.900 bits per heavy atom. The number of hydrogen-bond donors (Lipinski definition) is 1. The predicted molar refractivity (Wildman–Crippen MR) is 90.4 cm³/mol. The molecular formula is C18H39NO. The largest absolute Gasteiger partial charge is 0.374 e. The third-order valence-corrected chi connectivity index (χ3v) is 4.61. The third kappa shape index (κ3) is 8.26. The van der Waals surface area contributed by atoms with Crippen LogP contribution in [0.4, 0.5) is 0 Å². The highest BCUT2D eigenvalue weighted by Gasteiger charge is 2.31. The highest BCUT2D eigenvalue weighted by molar-refractivity contribution is 4.87. The van der Waals surface area contributed by atoms with E-state index < -0.39 is 0 Å². The number of hydrogen-bond acceptors (Lipinski definition) is 2. The van der Waals surface area contributed by atoms with Gasteiger partial charge in [-0.15, -0.1) is 0 Å². The van der Waals surface area contributed by atoms with Gasteiger partial charge in [-0.3, -0.25) is 0 Å². The Morgan fingerprint density at radius 3 is 1.90 bits per heavy atom. The molecule has 0 heterocycles. The van der Waals surface area contributed by atoms with Gasteiger partial charge >= 0.3 is 0 Å². The van der Waals surface area contributed by atoms with E-state index in [0.29, 0.717) is 6.04 Å². The maximum absolute atomic E-state index is 5.99. The molecule has 2 atom stereocenters. The summed E-state index contributed by atoms with van der Waals surface area (Å²) in [6, 6.07) is 0.479. The molecule has 0 saturated carbocycles. The molecule has 2 heteroatoms. The number of nitrogens with one attached hydrogen (secondary N) is 1. The normalized spacial score (nSPS) is 16.1. The Balaban J connectivity index is 3.78. The first-order chi connectivity index (χ1) is 9.64. The minimum absolute atomic E-state index is 0.00930. The molecule has 0 amide bonds. The van der Waals surface area contributed by atoms with Gasteiger partial charge in [0.2, 0.25) is 0 Å². The maximum Gasteiger partial charge on any atom is 0.0803 e. The molecule has 122 valence electrons. The number of likely N-dealkylation sites (N-methyl/N-ethyl adjacent to an activating group) is 1. The summed E-state index contributed by atoms with van der Waals surface area (Å²) in [5.41, 5.74) is -0.00930. The lowest BCUT2D eigenvalue weighted by Gasteiger charge is -2.37. The molecule has 0 aliphatic carbocycles. The predicted octanol–water partition coefficient (Wildman–Crippen LogP) is 5.31. The lowest BCUT2D eigenvalue weighted by atomic mass is 9.89. The standard InChI is InChI=1S/C18H39NO/c1-6-9-10-11-12-13-14-15-16-17(19-5)18(4,7-2)20-8-3/h17,19H,6-16H2,1-5H3. The van der Waals surface area contributed by atoms with Crippen LogP contribution in [0, 0.1) is 0 Å². The van der Waals surface area contributed by atoms with E-state index in [9.17, 15) is 0 Å². The fourth-order valence-corrected chi connectivity index (χ4v) is 3.02. The van der Waals surface area contributed by atoms with Crippen LogP contribution in [-0.2, 0) is 4.74 Å². The highest BCUT2D eigenvalue weighted by Crippen LogP contribution is 2.24. The average molecular weight is 286 g/mol. The number of unbranched alkanes of at least 4 members (excludes halogenated alkanes) is 7. The molecule has 0 aromatic heterocycles. The van der Waals surface area contributed by atoms with Gasteiger partial charge in [0.1, 0.15) is 0 Å². The third-order valence-electron chi connectivity index (χ3n) is 4.61. The number of ether oxygens (including phenoxy) is 1. The summed E-state index contributed by atoms with van der Waals surface area (Å²) < 4.78 is 5.99. The molecule has 0 aliphatic rings. The smallest absolute Gasteiger partial charge is 0.0803 e. The van der Waals surface area contributed by atoms with Crippen molar-refractivity contribution in [3.05, 3.63) is 0 Å². The fourth-order valence-electron chi connectivity index (χ4n) is 3.02. The average Bonchev–Trinajstić information content (AvgIpc) is 2.46. The van der Waals surface area contributed by atoms with Crippen LogP contribution in [0.1, 0.15) is 91.9 Å². The maximum atomic E-state index is 5.99. The second-order valence-corrected chi connectivity index (χ2v) is 6.20. The molecular weight excluding hydrogens is 246 g/mol. The molecule has 0 rings (SSSR count). The SMILES string of the molecule is CCCCCCCCCCC(NC)C(C)(CC)OCC. The molecule has 0 spiro atoms. The first kappa shape index (κ1) is 19.9. The molecule has 0 fully saturated rings. The van der Waals surface area contributed by atoms with E-state index in [1.165, 1.54) is 57.8 Å². The molecule has 0 aromatic carbocycles. The molecule has 2 nitrogen and oxygen atoms in total. The Morgan fingerprint density at radius 2 is 1.45 bits per heavy atom. The van der Waals surface area contributed by atoms with E-state index in [0.717, 1.165) is 13.0 Å². The van der Waals surface area contributed by atoms with Crippen molar-refractivity contribution >= 4 is 0 Å². The zero-order valence-electron chi connectivity index (χ0n) is 14.8. The molecule has 0 aromatic rings. The van der Waals surface area contributed by atoms with Gasteiger partial charge in [0.15, 0.2) is 0 Å². The van der Waals surface area contributed by atoms with Gasteiger partial charge in [0, 0.05) is 12.6 Å². The van der Waals surface area contributed by atoms with Crippen molar-refractivity contribution in [1.29, 1.82) is 0 Å². The van der Waals surface area contributed by atoms with Gasteiger partial charge in [-0.1, -0.05) is 65.2 Å². The lowest BCUT2D eigenvalue weighted by molar-refractivity contribution is -0.0558. The summed E-state index contributed by atoms with van der Waals surface area (Å²) in [6.07, 6.45) is 13.4. The van der Waals surface area contributed by atoms with Crippen molar-refractivity contribution in [2.75, 3.05) is 13.7 Å². The molecule has 0 bridgehead atoms. The van der Waals surface area contributed by atoms with Gasteiger partial charge in [-0.2, -0.15) is 0 Å². The zero-order chi connectivity index (χ0) is 15.3. The van der Waals surface area contributed by atoms with Crippen LogP contribution in [0.3, 0.4) is 0 Å². The minimum Gasteiger partial charge on any atom is -0.374 e. The number of rotatable bonds is 14. The summed E-state index contributed by atoms with van der Waals surface area (Å²) in [4.78, 5) is 0. The van der Waals surface area contributed by atoms with Crippen LogP contribution in [0.5, 0.6) is 0 Å². The van der Waals surface area contributed by atoms with E-state index in [4.69, 9.17) is 4.74 Å². The van der Waals surface area contributed by atoms with Gasteiger partial charge in [0.25, 0.3) is 0 Å². The van der Waals surface area contributed by atoms with E-state index in [1.807, 2.05) is 0 Å². The summed E-state index contributed by atoms with van der Waals surface area (Å²) >= 11 is 0. The first-order valence-electron chi connectivity index (χ1n) is 8.95. The Bertz CT molecular complexity index is 208. The topological polar surface area (TPSA) is 21.3 Å². The van der Waals surface area contributed by atoms with Gasteiger partial charge in [-0.05, 0) is 33.7 Å². The summed E-state index contributed by atoms with van der Waals surface area (Å²) in [5, 5.41) is 3.47. The van der Waals surface area contributed by atoms with Crippen LogP contribution in [0.2, 0.25) is 0 Å². The second kappa shape index (κ2) is 12.6. The van der Waals surface area contributed by atoms with E-state index >= 15 is 0 Å². The van der Waals surface area contributed by atoms with Crippen LogP contribution >= 0.6 is 0 Å². The van der Waals surface area contributed by atoms with Crippen LogP contribution in [0.25, 0.3) is 0 Å². The summed E-state index contributed by atoms with van der Waals surface area (Å²) in [6.45, 7) is 9.66. The van der Waals surface area contributed by atoms with Gasteiger partial charge in [-0.25, -0.2) is 0 Å². The Kier molecular flexibility index (Phi) is 12.6. The Labute approximate surface area is 128 Å². The highest BCUT2D eigenvalue weighted by atomic mass is 16.5. The Hall–Kier alpha value is -0.0800. The van der Waals surface area contributed by atoms with Crippen molar-refractivity contribution in [2.45, 2.75) is 104 Å². The molecule has 2 unspecified atom stereocenters. The van der Waals surface area contributed by atoms with Crippen molar-refractivity contribution in [1.82, 2.24) is 5.32 Å². The van der Waals surface area contributed by atoms with Crippen molar-refractivity contribution in [3.63, 3.8) is 0 Å². The summed E-state index contributed by atoms with van der Waals surface area (Å²) in [5.74, 6) is 0. The van der Waals surface area contributed by atoms with E-state index in [1.54, 1.807) is 0 Å². The van der Waals surface area contributed by atoms with Gasteiger partial charge in [0.05, 0.1) is 5.60 Å². The molecule has 0 radical (unpaired) electrons. The van der Waals surface area contributed by atoms with Crippen LogP contribution in [0.15, 0.2) is 0 Å². The summed E-state index contributed by atoms with van der Waals surface area (Å²) in [7, 11) is 2.07. The van der Waals surface area contributed by atoms with Crippen LogP contribution < -0.4 is 5.32 Å². The fraction of sp³-hybridized carbons (Fsp3) is 1.00. The molecule has 20 heavy (non-hydrogen) atoms. The minimum atomic E-state index is -0.00930. The van der Waals surface area contributed by atoms with E-state index in [-0.39, 0.29) is 5.60 Å². The quantitative estimate of drug-likeness (QED) is 0.437. The second-order valence-electron chi connectivity index (χ2n) is 6.20. The van der Waals surface area contributed by atoms with Crippen molar-refractivity contribution < 1.29 is 4.74 Å². The monoisotopic (exact) mass is 285 g/mol. The van der Waals surface area contributed by atoms with Gasteiger partial charge < -0.3 is 10.1 Å². The van der Waals surface area contributed by atoms with Crippen molar-refractivity contribution in [3.8, 4) is 0 Å². The van der Waals surface area contributed by atoms with Crippen molar-refractivity contribution in [2.24, 2.45) is 0 Å². The van der Waals surface area contributed by atoms with E-state index in [2.05, 4.69) is 40.1 Å². The molecule has 0 aliphatic heterocycles. The molecule has 1 N–H and O–H groups in total. The van der Waals surface area contributed by atoms with Crippen LogP contribution in [-0.4, -0.2) is 25.3 Å². The molecule has 0 saturated heterocycles. The first-order valence-corrected chi connectivity index (χ1v) is 8.95. The lowest BCUT2D eigenvalue weighted by Crippen LogP contribution is -2.49.